The van der Waals surface area contributed by atoms with Gasteiger partial charge in [-0.25, -0.2) is 9.78 Å². The molecule has 0 radical (unpaired) electrons. The Hall–Kier alpha value is -1.68. The van der Waals surface area contributed by atoms with Crippen LogP contribution < -0.4 is 0 Å². The van der Waals surface area contributed by atoms with Crippen molar-refractivity contribution >= 4 is 17.3 Å². The third-order valence-corrected chi connectivity index (χ3v) is 3.78. The molecule has 4 heteroatoms. The molecule has 1 heterocycles. The van der Waals surface area contributed by atoms with Crippen LogP contribution in [0.4, 0.5) is 0 Å². The fraction of sp³-hybridized carbons (Fsp3) is 0.231. The van der Waals surface area contributed by atoms with Crippen molar-refractivity contribution in [3.05, 3.63) is 41.0 Å². The van der Waals surface area contributed by atoms with Gasteiger partial charge < -0.3 is 5.11 Å². The summed E-state index contributed by atoms with van der Waals surface area (Å²) < 4.78 is 0. The van der Waals surface area contributed by atoms with Gasteiger partial charge in [0.05, 0.1) is 9.88 Å². The van der Waals surface area contributed by atoms with Crippen molar-refractivity contribution in [1.82, 2.24) is 4.98 Å². The molecule has 17 heavy (non-hydrogen) atoms. The minimum atomic E-state index is -0.966. The van der Waals surface area contributed by atoms with Crippen LogP contribution in [0.3, 0.4) is 0 Å². The standard InChI is InChI=1S/C13H13NO2S/c1-8(2)12-14-10(13(15)16)11(17-12)9-6-4-3-5-7-9/h3-8H,1-2H3,(H,15,16). The Labute approximate surface area is 104 Å². The van der Waals surface area contributed by atoms with E-state index in [-0.39, 0.29) is 11.6 Å². The number of carbonyl (C=O) groups is 1. The number of hydrogen-bond acceptors (Lipinski definition) is 3. The molecule has 2 rings (SSSR count). The van der Waals surface area contributed by atoms with Gasteiger partial charge in [0.25, 0.3) is 0 Å². The third-order valence-electron chi connectivity index (χ3n) is 2.38. The summed E-state index contributed by atoms with van der Waals surface area (Å²) in [4.78, 5) is 16.1. The number of carboxylic acids is 1. The molecular weight excluding hydrogens is 234 g/mol. The van der Waals surface area contributed by atoms with Crippen LogP contribution in [0.2, 0.25) is 0 Å². The minimum absolute atomic E-state index is 0.157. The smallest absolute Gasteiger partial charge is 0.356 e. The highest BCUT2D eigenvalue weighted by Gasteiger charge is 2.19. The number of aromatic nitrogens is 1. The van der Waals surface area contributed by atoms with Crippen LogP contribution >= 0.6 is 11.3 Å². The second-order valence-electron chi connectivity index (χ2n) is 4.06. The fourth-order valence-corrected chi connectivity index (χ4v) is 2.58. The van der Waals surface area contributed by atoms with Gasteiger partial charge in [0, 0.05) is 5.92 Å². The molecule has 0 fully saturated rings. The van der Waals surface area contributed by atoms with Crippen molar-refractivity contribution in [2.24, 2.45) is 0 Å². The summed E-state index contributed by atoms with van der Waals surface area (Å²) >= 11 is 1.46. The molecule has 1 N–H and O–H groups in total. The number of benzene rings is 1. The topological polar surface area (TPSA) is 50.2 Å². The maximum Gasteiger partial charge on any atom is 0.356 e. The number of thiazole rings is 1. The number of aromatic carboxylic acids is 1. The molecular formula is C13H13NO2S. The van der Waals surface area contributed by atoms with Crippen LogP contribution in [0, 0.1) is 0 Å². The summed E-state index contributed by atoms with van der Waals surface area (Å²) in [5.41, 5.74) is 1.07. The largest absolute Gasteiger partial charge is 0.476 e. The number of rotatable bonds is 3. The van der Waals surface area contributed by atoms with E-state index in [9.17, 15) is 4.79 Å². The van der Waals surface area contributed by atoms with Gasteiger partial charge in [-0.3, -0.25) is 0 Å². The Morgan fingerprint density at radius 1 is 1.29 bits per heavy atom. The maximum atomic E-state index is 11.2. The average Bonchev–Trinajstić information content (AvgIpc) is 2.75. The van der Waals surface area contributed by atoms with Crippen LogP contribution in [0.15, 0.2) is 30.3 Å². The Morgan fingerprint density at radius 2 is 1.94 bits per heavy atom. The number of carboxylic acid groups (broad SMARTS) is 1. The predicted molar refractivity (Wildman–Crippen MR) is 68.6 cm³/mol. The van der Waals surface area contributed by atoms with Gasteiger partial charge in [0.1, 0.15) is 0 Å². The molecule has 0 aliphatic carbocycles. The molecule has 0 amide bonds. The minimum Gasteiger partial charge on any atom is -0.476 e. The second-order valence-corrected chi connectivity index (χ2v) is 5.09. The Balaban J connectivity index is 2.56. The summed E-state index contributed by atoms with van der Waals surface area (Å²) in [7, 11) is 0. The van der Waals surface area contributed by atoms with Crippen molar-refractivity contribution in [3.8, 4) is 10.4 Å². The van der Waals surface area contributed by atoms with Gasteiger partial charge in [-0.1, -0.05) is 44.2 Å². The van der Waals surface area contributed by atoms with Crippen LogP contribution in [0.25, 0.3) is 10.4 Å². The predicted octanol–water partition coefficient (Wildman–Crippen LogP) is 3.63. The highest BCUT2D eigenvalue weighted by Crippen LogP contribution is 2.33. The van der Waals surface area contributed by atoms with E-state index >= 15 is 0 Å². The maximum absolute atomic E-state index is 11.2. The van der Waals surface area contributed by atoms with E-state index in [2.05, 4.69) is 4.98 Å². The average molecular weight is 247 g/mol. The third kappa shape index (κ3) is 2.36. The lowest BCUT2D eigenvalue weighted by Crippen LogP contribution is -1.99. The quantitative estimate of drug-likeness (QED) is 0.901. The Morgan fingerprint density at radius 3 is 2.47 bits per heavy atom. The highest BCUT2D eigenvalue weighted by molar-refractivity contribution is 7.15. The molecule has 0 aliphatic heterocycles. The molecule has 3 nitrogen and oxygen atoms in total. The van der Waals surface area contributed by atoms with E-state index in [1.165, 1.54) is 11.3 Å². The first-order chi connectivity index (χ1) is 8.09. The van der Waals surface area contributed by atoms with Crippen molar-refractivity contribution in [2.45, 2.75) is 19.8 Å². The zero-order chi connectivity index (χ0) is 12.4. The molecule has 1 aromatic heterocycles. The molecule has 0 spiro atoms. The molecule has 0 unspecified atom stereocenters. The van der Waals surface area contributed by atoms with Crippen molar-refractivity contribution in [2.75, 3.05) is 0 Å². The molecule has 2 aromatic rings. The van der Waals surface area contributed by atoms with Crippen LogP contribution in [0.5, 0.6) is 0 Å². The van der Waals surface area contributed by atoms with E-state index in [4.69, 9.17) is 5.11 Å². The van der Waals surface area contributed by atoms with E-state index in [1.807, 2.05) is 44.2 Å². The number of nitrogens with zero attached hydrogens (tertiary/aromatic N) is 1. The van der Waals surface area contributed by atoms with E-state index < -0.39 is 5.97 Å². The van der Waals surface area contributed by atoms with Crippen LogP contribution in [0.1, 0.15) is 35.3 Å². The van der Waals surface area contributed by atoms with Crippen molar-refractivity contribution in [3.63, 3.8) is 0 Å². The van der Waals surface area contributed by atoms with E-state index in [0.717, 1.165) is 15.4 Å². The first kappa shape index (κ1) is 11.8. The van der Waals surface area contributed by atoms with Gasteiger partial charge in [0.15, 0.2) is 5.69 Å². The van der Waals surface area contributed by atoms with Gasteiger partial charge in [-0.15, -0.1) is 11.3 Å². The zero-order valence-electron chi connectivity index (χ0n) is 9.68. The van der Waals surface area contributed by atoms with Gasteiger partial charge >= 0.3 is 5.97 Å². The summed E-state index contributed by atoms with van der Waals surface area (Å²) in [5, 5.41) is 10.0. The lowest BCUT2D eigenvalue weighted by atomic mass is 10.1. The highest BCUT2D eigenvalue weighted by atomic mass is 32.1. The lowest BCUT2D eigenvalue weighted by Gasteiger charge is -1.97. The second kappa shape index (κ2) is 4.67. The summed E-state index contributed by atoms with van der Waals surface area (Å²) in [6.45, 7) is 4.03. The van der Waals surface area contributed by atoms with Gasteiger partial charge in [0.2, 0.25) is 0 Å². The molecule has 0 saturated heterocycles. The molecule has 0 bridgehead atoms. The molecule has 1 aromatic carbocycles. The van der Waals surface area contributed by atoms with E-state index in [0.29, 0.717) is 0 Å². The molecule has 88 valence electrons. The molecule has 0 atom stereocenters. The first-order valence-corrected chi connectivity index (χ1v) is 6.20. The van der Waals surface area contributed by atoms with E-state index in [1.54, 1.807) is 0 Å². The molecule has 0 saturated carbocycles. The Bertz CT molecular complexity index is 532. The first-order valence-electron chi connectivity index (χ1n) is 5.39. The lowest BCUT2D eigenvalue weighted by molar-refractivity contribution is 0.0692. The summed E-state index contributed by atoms with van der Waals surface area (Å²) in [6, 6.07) is 9.52. The summed E-state index contributed by atoms with van der Waals surface area (Å²) in [5.74, 6) is -0.720. The van der Waals surface area contributed by atoms with Crippen LogP contribution in [-0.2, 0) is 0 Å². The molecule has 0 aliphatic rings. The Kier molecular flexibility index (Phi) is 3.24. The van der Waals surface area contributed by atoms with Gasteiger partial charge in [-0.05, 0) is 5.56 Å². The van der Waals surface area contributed by atoms with Gasteiger partial charge in [-0.2, -0.15) is 0 Å². The number of hydrogen-bond donors (Lipinski definition) is 1. The van der Waals surface area contributed by atoms with Crippen molar-refractivity contribution < 1.29 is 9.90 Å². The zero-order valence-corrected chi connectivity index (χ0v) is 10.5. The monoisotopic (exact) mass is 247 g/mol. The van der Waals surface area contributed by atoms with Crippen molar-refractivity contribution in [1.29, 1.82) is 0 Å². The SMILES string of the molecule is CC(C)c1nc(C(=O)O)c(-c2ccccc2)s1. The fourth-order valence-electron chi connectivity index (χ4n) is 1.51. The normalized spacial score (nSPS) is 10.8. The van der Waals surface area contributed by atoms with Crippen LogP contribution in [-0.4, -0.2) is 16.1 Å². The summed E-state index contributed by atoms with van der Waals surface area (Å²) in [6.07, 6.45) is 0.